The Balaban J connectivity index is 2.11. The number of aryl methyl sites for hydroxylation is 1. The fraction of sp³-hybridized carbons (Fsp3) is 0.538. The van der Waals surface area contributed by atoms with Crippen LogP contribution in [0.3, 0.4) is 0 Å². The molecule has 0 amide bonds. The van der Waals surface area contributed by atoms with E-state index >= 15 is 0 Å². The fourth-order valence-corrected chi connectivity index (χ4v) is 2.15. The van der Waals surface area contributed by atoms with Crippen molar-refractivity contribution in [2.45, 2.75) is 26.3 Å². The normalized spacial score (nSPS) is 19.6. The molecule has 0 fully saturated rings. The Morgan fingerprint density at radius 3 is 2.75 bits per heavy atom. The van der Waals surface area contributed by atoms with Crippen molar-refractivity contribution in [3.05, 3.63) is 35.3 Å². The van der Waals surface area contributed by atoms with E-state index < -0.39 is 0 Å². The van der Waals surface area contributed by atoms with Gasteiger partial charge in [-0.2, -0.15) is 0 Å². The Labute approximate surface area is 96.9 Å². The molecule has 1 aromatic rings. The van der Waals surface area contributed by atoms with Gasteiger partial charge in [-0.05, 0) is 32.4 Å². The van der Waals surface area contributed by atoms with Gasteiger partial charge in [0.2, 0.25) is 0 Å². The maximum Gasteiger partial charge on any atom is 0.122 e. The summed E-state index contributed by atoms with van der Waals surface area (Å²) in [7, 11) is 0. The van der Waals surface area contributed by atoms with E-state index in [9.17, 15) is 0 Å². The lowest BCUT2D eigenvalue weighted by Crippen LogP contribution is -2.36. The molecular formula is C13H20N2O. The molecular weight excluding hydrogens is 200 g/mol. The van der Waals surface area contributed by atoms with Crippen LogP contribution in [0.1, 0.15) is 30.9 Å². The van der Waals surface area contributed by atoms with Gasteiger partial charge in [0.1, 0.15) is 11.5 Å². The molecule has 1 aliphatic rings. The first-order valence-corrected chi connectivity index (χ1v) is 5.87. The second-order valence-corrected chi connectivity index (χ2v) is 4.50. The summed E-state index contributed by atoms with van der Waals surface area (Å²) < 4.78 is 5.67. The lowest BCUT2D eigenvalue weighted by Gasteiger charge is -2.31. The van der Waals surface area contributed by atoms with Crippen LogP contribution in [-0.2, 0) is 0 Å². The summed E-state index contributed by atoms with van der Waals surface area (Å²) in [6, 6.07) is 4.26. The smallest absolute Gasteiger partial charge is 0.122 e. The predicted octanol–water partition coefficient (Wildman–Crippen LogP) is 2.24. The molecule has 1 atom stereocenters. The van der Waals surface area contributed by atoms with E-state index in [0.717, 1.165) is 31.0 Å². The van der Waals surface area contributed by atoms with Crippen LogP contribution in [0.25, 0.3) is 0 Å². The zero-order valence-electron chi connectivity index (χ0n) is 10.1. The van der Waals surface area contributed by atoms with Gasteiger partial charge in [-0.15, -0.1) is 0 Å². The van der Waals surface area contributed by atoms with Crippen LogP contribution < -0.4 is 5.73 Å². The largest absolute Gasteiger partial charge is 0.465 e. The van der Waals surface area contributed by atoms with Crippen molar-refractivity contribution in [3.8, 4) is 0 Å². The lowest BCUT2D eigenvalue weighted by atomic mass is 10.1. The topological polar surface area (TPSA) is 42.4 Å². The molecule has 2 heterocycles. The first-order valence-electron chi connectivity index (χ1n) is 5.87. The number of nitrogens with zero attached hydrogens (tertiary/aromatic N) is 1. The Kier molecular flexibility index (Phi) is 3.46. The number of rotatable bonds is 3. The third kappa shape index (κ3) is 2.36. The highest BCUT2D eigenvalue weighted by molar-refractivity contribution is 5.13. The molecule has 0 radical (unpaired) electrons. The standard InChI is InChI=1S/C13H20N2O/c1-10-5-7-15(8-6-10)12(9-14)13-4-3-11(2)16-13/h3-5,12H,6-9,14H2,1-2H3. The van der Waals surface area contributed by atoms with Crippen LogP contribution in [-0.4, -0.2) is 24.5 Å². The lowest BCUT2D eigenvalue weighted by molar-refractivity contribution is 0.191. The molecule has 3 nitrogen and oxygen atoms in total. The van der Waals surface area contributed by atoms with Crippen LogP contribution in [0.4, 0.5) is 0 Å². The first kappa shape index (κ1) is 11.4. The molecule has 88 valence electrons. The summed E-state index contributed by atoms with van der Waals surface area (Å²) in [5.74, 6) is 1.95. The maximum absolute atomic E-state index is 5.86. The maximum atomic E-state index is 5.86. The molecule has 16 heavy (non-hydrogen) atoms. The van der Waals surface area contributed by atoms with Gasteiger partial charge in [0.15, 0.2) is 0 Å². The van der Waals surface area contributed by atoms with E-state index in [4.69, 9.17) is 10.2 Å². The van der Waals surface area contributed by atoms with Crippen molar-refractivity contribution < 1.29 is 4.42 Å². The van der Waals surface area contributed by atoms with Gasteiger partial charge in [-0.25, -0.2) is 0 Å². The van der Waals surface area contributed by atoms with Crippen molar-refractivity contribution >= 4 is 0 Å². The molecule has 3 heteroatoms. The molecule has 0 aliphatic carbocycles. The molecule has 1 aromatic heterocycles. The second kappa shape index (κ2) is 4.85. The van der Waals surface area contributed by atoms with Crippen molar-refractivity contribution in [3.63, 3.8) is 0 Å². The van der Waals surface area contributed by atoms with Crippen LogP contribution in [0.5, 0.6) is 0 Å². The first-order chi connectivity index (χ1) is 7.70. The summed E-state index contributed by atoms with van der Waals surface area (Å²) in [5.41, 5.74) is 7.33. The Morgan fingerprint density at radius 2 is 2.25 bits per heavy atom. The van der Waals surface area contributed by atoms with E-state index in [2.05, 4.69) is 17.9 Å². The number of hydrogen-bond donors (Lipinski definition) is 1. The van der Waals surface area contributed by atoms with Gasteiger partial charge in [0.05, 0.1) is 6.04 Å². The quantitative estimate of drug-likeness (QED) is 0.794. The molecule has 0 bridgehead atoms. The molecule has 0 saturated heterocycles. The highest BCUT2D eigenvalue weighted by Gasteiger charge is 2.22. The highest BCUT2D eigenvalue weighted by atomic mass is 16.3. The van der Waals surface area contributed by atoms with E-state index in [1.807, 2.05) is 19.1 Å². The van der Waals surface area contributed by atoms with E-state index in [-0.39, 0.29) is 6.04 Å². The van der Waals surface area contributed by atoms with Gasteiger partial charge >= 0.3 is 0 Å². The minimum Gasteiger partial charge on any atom is -0.465 e. The van der Waals surface area contributed by atoms with Gasteiger partial charge in [0, 0.05) is 19.6 Å². The molecule has 1 aliphatic heterocycles. The number of nitrogens with two attached hydrogens (primary N) is 1. The van der Waals surface area contributed by atoms with Crippen molar-refractivity contribution in [2.75, 3.05) is 19.6 Å². The molecule has 0 saturated carbocycles. The molecule has 0 aromatic carbocycles. The monoisotopic (exact) mass is 220 g/mol. The third-order valence-corrected chi connectivity index (χ3v) is 3.22. The zero-order chi connectivity index (χ0) is 11.5. The third-order valence-electron chi connectivity index (χ3n) is 3.22. The van der Waals surface area contributed by atoms with Crippen molar-refractivity contribution in [1.29, 1.82) is 0 Å². The fourth-order valence-electron chi connectivity index (χ4n) is 2.15. The van der Waals surface area contributed by atoms with E-state index in [1.54, 1.807) is 0 Å². The van der Waals surface area contributed by atoms with Crippen LogP contribution in [0, 0.1) is 6.92 Å². The average molecular weight is 220 g/mol. The minimum atomic E-state index is 0.220. The van der Waals surface area contributed by atoms with Crippen LogP contribution in [0.15, 0.2) is 28.2 Å². The molecule has 2 N–H and O–H groups in total. The average Bonchev–Trinajstić information content (AvgIpc) is 2.69. The van der Waals surface area contributed by atoms with Crippen LogP contribution >= 0.6 is 0 Å². The van der Waals surface area contributed by atoms with Gasteiger partial charge in [0.25, 0.3) is 0 Å². The highest BCUT2D eigenvalue weighted by Crippen LogP contribution is 2.24. The number of furan rings is 1. The Hall–Kier alpha value is -1.06. The second-order valence-electron chi connectivity index (χ2n) is 4.50. The van der Waals surface area contributed by atoms with Crippen molar-refractivity contribution in [1.82, 2.24) is 4.90 Å². The van der Waals surface area contributed by atoms with Gasteiger partial charge in [-0.1, -0.05) is 11.6 Å². The molecule has 2 rings (SSSR count). The predicted molar refractivity (Wildman–Crippen MR) is 65.2 cm³/mol. The minimum absolute atomic E-state index is 0.220. The number of hydrogen-bond acceptors (Lipinski definition) is 3. The van der Waals surface area contributed by atoms with Gasteiger partial charge in [-0.3, -0.25) is 4.90 Å². The van der Waals surface area contributed by atoms with E-state index in [1.165, 1.54) is 5.57 Å². The van der Waals surface area contributed by atoms with Gasteiger partial charge < -0.3 is 10.2 Å². The summed E-state index contributed by atoms with van der Waals surface area (Å²) in [4.78, 5) is 2.38. The SMILES string of the molecule is CC1=CCN(C(CN)c2ccc(C)o2)CC1. The molecule has 1 unspecified atom stereocenters. The summed E-state index contributed by atoms with van der Waals surface area (Å²) in [6.07, 6.45) is 3.41. The van der Waals surface area contributed by atoms with E-state index in [0.29, 0.717) is 6.54 Å². The summed E-state index contributed by atoms with van der Waals surface area (Å²) >= 11 is 0. The van der Waals surface area contributed by atoms with Crippen molar-refractivity contribution in [2.24, 2.45) is 5.73 Å². The molecule has 0 spiro atoms. The summed E-state index contributed by atoms with van der Waals surface area (Å²) in [5, 5.41) is 0. The summed E-state index contributed by atoms with van der Waals surface area (Å²) in [6.45, 7) is 6.82. The Bertz CT molecular complexity index is 381. The van der Waals surface area contributed by atoms with Crippen LogP contribution in [0.2, 0.25) is 0 Å². The Morgan fingerprint density at radius 1 is 1.44 bits per heavy atom. The zero-order valence-corrected chi connectivity index (χ0v) is 10.1.